The van der Waals surface area contributed by atoms with Gasteiger partial charge in [0.15, 0.2) is 0 Å². The van der Waals surface area contributed by atoms with Crippen molar-refractivity contribution < 1.29 is 8.83 Å². The van der Waals surface area contributed by atoms with E-state index in [-0.39, 0.29) is 0 Å². The summed E-state index contributed by atoms with van der Waals surface area (Å²) in [5, 5.41) is 5.45. The van der Waals surface area contributed by atoms with Crippen molar-refractivity contribution in [1.29, 1.82) is 0 Å². The first-order valence-electron chi connectivity index (χ1n) is 15.0. The molecule has 6 nitrogen and oxygen atoms in total. The number of hydrogen-bond acceptors (Lipinski definition) is 6. The molecule has 0 amide bonds. The van der Waals surface area contributed by atoms with Crippen molar-refractivity contribution in [1.82, 2.24) is 9.97 Å². The van der Waals surface area contributed by atoms with Gasteiger partial charge >= 0.3 is 11.3 Å². The van der Waals surface area contributed by atoms with E-state index in [1.807, 2.05) is 111 Å². The fourth-order valence-electron chi connectivity index (χ4n) is 6.19. The summed E-state index contributed by atoms with van der Waals surface area (Å²) >= 11 is 0. The number of hydrogen-bond donors (Lipinski definition) is 0. The van der Waals surface area contributed by atoms with Crippen molar-refractivity contribution in [2.24, 2.45) is 0 Å². The molecule has 0 fully saturated rings. The van der Waals surface area contributed by atoms with Gasteiger partial charge in [-0.2, -0.15) is 0 Å². The molecule has 0 aliphatic rings. The van der Waals surface area contributed by atoms with Gasteiger partial charge in [-0.25, -0.2) is 19.6 Å². The van der Waals surface area contributed by atoms with E-state index in [2.05, 4.69) is 0 Å². The Balaban J connectivity index is 1.64. The molecular formula is C40H26N2O4. The molecule has 6 heteroatoms. The first-order chi connectivity index (χ1) is 22.4. The Morgan fingerprint density at radius 3 is 1.33 bits per heavy atom. The maximum atomic E-state index is 13.9. The standard InChI is InChI=1S/C40H26N2O4/c1-23-7-3-13-31-35(23)36-24(2)8-4-14-32(36)40(44)46-30-12-6-10-28(22-30)34-20-18-26-16-15-25-17-19-33(41-37(25)38(26)42-34)27-9-5-11-29(21-27)45-39(31)43/h3-22H,1-2H3. The van der Waals surface area contributed by atoms with Crippen LogP contribution in [-0.2, 0) is 0 Å². The average molecular weight is 599 g/mol. The lowest BCUT2D eigenvalue weighted by Crippen LogP contribution is -2.00. The molecule has 220 valence electrons. The van der Waals surface area contributed by atoms with Crippen molar-refractivity contribution in [3.05, 3.63) is 153 Å². The zero-order chi connectivity index (χ0) is 31.4. The predicted molar refractivity (Wildman–Crippen MR) is 186 cm³/mol. The van der Waals surface area contributed by atoms with Gasteiger partial charge in [0, 0.05) is 32.3 Å². The number of rotatable bonds is 0. The van der Waals surface area contributed by atoms with E-state index in [4.69, 9.17) is 18.8 Å². The van der Waals surface area contributed by atoms with Gasteiger partial charge in [0.05, 0.1) is 32.8 Å². The minimum absolute atomic E-state index is 0.348. The van der Waals surface area contributed by atoms with E-state index in [1.54, 1.807) is 24.3 Å². The van der Waals surface area contributed by atoms with Crippen LogP contribution >= 0.6 is 0 Å². The average Bonchev–Trinajstić information content (AvgIpc) is 3.07. The highest BCUT2D eigenvalue weighted by Gasteiger charge is 2.10. The number of aromatic nitrogens is 2. The fourth-order valence-corrected chi connectivity index (χ4v) is 6.19. The molecule has 8 bridgehead atoms. The molecule has 3 aromatic heterocycles. The summed E-state index contributed by atoms with van der Waals surface area (Å²) in [6, 6.07) is 37.6. The normalized spacial score (nSPS) is 11.4. The van der Waals surface area contributed by atoms with Crippen LogP contribution < -0.4 is 11.3 Å². The maximum Gasteiger partial charge on any atom is 0.344 e. The highest BCUT2D eigenvalue weighted by atomic mass is 16.4. The van der Waals surface area contributed by atoms with E-state index in [9.17, 15) is 9.59 Å². The fraction of sp³-hybridized carbons (Fsp3) is 0.0500. The lowest BCUT2D eigenvalue weighted by molar-refractivity contribution is 0.568. The zero-order valence-electron chi connectivity index (χ0n) is 25.1. The summed E-state index contributed by atoms with van der Waals surface area (Å²) < 4.78 is 12.0. The van der Waals surface area contributed by atoms with Crippen molar-refractivity contribution in [2.75, 3.05) is 0 Å². The summed E-state index contributed by atoms with van der Waals surface area (Å²) in [6.07, 6.45) is 0. The van der Waals surface area contributed by atoms with Crippen molar-refractivity contribution in [3.63, 3.8) is 0 Å². The Morgan fingerprint density at radius 2 is 0.870 bits per heavy atom. The first kappa shape index (κ1) is 27.4. The Kier molecular flexibility index (Phi) is 6.43. The van der Waals surface area contributed by atoms with Gasteiger partial charge in [-0.15, -0.1) is 0 Å². The number of aryl methyl sites for hydroxylation is 2. The molecule has 0 radical (unpaired) electrons. The van der Waals surface area contributed by atoms with Crippen LogP contribution in [-0.4, -0.2) is 9.97 Å². The van der Waals surface area contributed by atoms with Gasteiger partial charge in [-0.3, -0.25) is 0 Å². The van der Waals surface area contributed by atoms with Crippen LogP contribution in [0, 0.1) is 13.8 Å². The molecule has 0 saturated heterocycles. The molecule has 0 unspecified atom stereocenters. The van der Waals surface area contributed by atoms with Crippen LogP contribution in [0.25, 0.3) is 76.3 Å². The van der Waals surface area contributed by atoms with Crippen molar-refractivity contribution >= 4 is 76.3 Å². The summed E-state index contributed by atoms with van der Waals surface area (Å²) in [5.41, 5.74) is 4.33. The third kappa shape index (κ3) is 4.68. The van der Waals surface area contributed by atoms with E-state index < -0.39 is 11.3 Å². The van der Waals surface area contributed by atoms with Crippen LogP contribution in [0.2, 0.25) is 0 Å². The predicted octanol–water partition coefficient (Wildman–Crippen LogP) is 9.32. The van der Waals surface area contributed by atoms with Crippen molar-refractivity contribution in [3.8, 4) is 0 Å². The van der Waals surface area contributed by atoms with Crippen LogP contribution in [0.4, 0.5) is 0 Å². The molecule has 3 heterocycles. The van der Waals surface area contributed by atoms with Gasteiger partial charge in [-0.05, 0) is 73.5 Å². The summed E-state index contributed by atoms with van der Waals surface area (Å²) in [6.45, 7) is 3.83. The minimum atomic E-state index is -0.533. The lowest BCUT2D eigenvalue weighted by Gasteiger charge is -2.05. The maximum absolute atomic E-state index is 13.9. The second-order valence-electron chi connectivity index (χ2n) is 11.4. The van der Waals surface area contributed by atoms with E-state index in [0.29, 0.717) is 32.7 Å². The molecule has 0 spiro atoms. The van der Waals surface area contributed by atoms with Gasteiger partial charge in [-0.1, -0.05) is 72.8 Å². The highest BCUT2D eigenvalue weighted by molar-refractivity contribution is 6.08. The topological polar surface area (TPSA) is 86.2 Å². The van der Waals surface area contributed by atoms with Crippen LogP contribution in [0.1, 0.15) is 11.1 Å². The Hall–Kier alpha value is -6.14. The number of fused-ring (bicyclic) bond motifs is 11. The largest absolute Gasteiger partial charge is 0.423 e. The summed E-state index contributed by atoms with van der Waals surface area (Å²) in [4.78, 5) is 37.8. The highest BCUT2D eigenvalue weighted by Crippen LogP contribution is 2.28. The van der Waals surface area contributed by atoms with E-state index >= 15 is 0 Å². The molecule has 8 aromatic rings. The molecule has 0 aliphatic carbocycles. The van der Waals surface area contributed by atoms with Crippen LogP contribution in [0.5, 0.6) is 0 Å². The number of pyridine rings is 2. The molecule has 0 N–H and O–H groups in total. The Labute approximate surface area is 261 Å². The zero-order valence-corrected chi connectivity index (χ0v) is 25.1. The molecule has 0 aliphatic heterocycles. The SMILES string of the molecule is Cc1cccc2c(=O)oc3cccc(c3)c3ccc4ccc5ccc(nc5c4n3)c3cccc(c3)oc(=O)c3cccc(C)c3c12. The number of nitrogens with zero attached hydrogens (tertiary/aromatic N) is 2. The van der Waals surface area contributed by atoms with Crippen LogP contribution in [0.15, 0.2) is 140 Å². The summed E-state index contributed by atoms with van der Waals surface area (Å²) in [7, 11) is 0. The smallest absolute Gasteiger partial charge is 0.344 e. The number of benzene rings is 5. The minimum Gasteiger partial charge on any atom is -0.423 e. The molecular weight excluding hydrogens is 572 g/mol. The molecule has 8 rings (SSSR count). The van der Waals surface area contributed by atoms with Gasteiger partial charge in [0.2, 0.25) is 0 Å². The Morgan fingerprint density at radius 1 is 0.457 bits per heavy atom. The third-order valence-corrected chi connectivity index (χ3v) is 8.44. The second-order valence-corrected chi connectivity index (χ2v) is 11.4. The van der Waals surface area contributed by atoms with Gasteiger partial charge in [0.25, 0.3) is 0 Å². The quantitative estimate of drug-likeness (QED) is 0.162. The van der Waals surface area contributed by atoms with Crippen molar-refractivity contribution in [2.45, 2.75) is 13.8 Å². The third-order valence-electron chi connectivity index (χ3n) is 8.44. The monoisotopic (exact) mass is 598 g/mol. The first-order valence-corrected chi connectivity index (χ1v) is 15.0. The molecule has 46 heavy (non-hydrogen) atoms. The van der Waals surface area contributed by atoms with Gasteiger partial charge in [0.1, 0.15) is 11.2 Å². The van der Waals surface area contributed by atoms with Gasteiger partial charge < -0.3 is 8.83 Å². The van der Waals surface area contributed by atoms with E-state index in [0.717, 1.165) is 54.7 Å². The Bertz CT molecular complexity index is 2640. The molecule has 0 atom stereocenters. The molecule has 0 saturated carbocycles. The second kappa shape index (κ2) is 10.8. The lowest BCUT2D eigenvalue weighted by atomic mass is 9.99. The van der Waals surface area contributed by atoms with Crippen LogP contribution in [0.3, 0.4) is 0 Å². The molecule has 5 aromatic carbocycles. The van der Waals surface area contributed by atoms with E-state index in [1.165, 1.54) is 0 Å². The summed E-state index contributed by atoms with van der Waals surface area (Å²) in [5.74, 6) is 0.